The molecule has 0 radical (unpaired) electrons. The number of carboxylic acids is 1. The molecule has 0 aliphatic rings. The Balaban J connectivity index is 1.55. The summed E-state index contributed by atoms with van der Waals surface area (Å²) < 4.78 is 0. The monoisotopic (exact) mass is 442 g/mol. The minimum Gasteiger partial charge on any atom is -0.507 e. The molecule has 160 valence electrons. The number of H-pyrrole nitrogens is 1. The van der Waals surface area contributed by atoms with Gasteiger partial charge in [-0.05, 0) is 57.1 Å². The molecule has 2 aromatic heterocycles. The number of fused-ring (bicyclic) bond motifs is 3. The fourth-order valence-electron chi connectivity index (χ4n) is 3.92. The second kappa shape index (κ2) is 7.21. The first-order valence-electron chi connectivity index (χ1n) is 10.3. The molecule has 0 bridgehead atoms. The maximum Gasteiger partial charge on any atom is 0.335 e. The fraction of sp³-hybridized carbons (Fsp3) is 0.154. The van der Waals surface area contributed by atoms with E-state index in [1.807, 2.05) is 6.07 Å². The van der Waals surface area contributed by atoms with Crippen molar-refractivity contribution in [1.82, 2.24) is 9.97 Å². The molecule has 0 saturated carbocycles. The molecule has 3 N–H and O–H groups in total. The van der Waals surface area contributed by atoms with E-state index < -0.39 is 5.97 Å². The largest absolute Gasteiger partial charge is 0.507 e. The van der Waals surface area contributed by atoms with Crippen molar-refractivity contribution in [2.45, 2.75) is 26.2 Å². The Kier molecular flexibility index (Phi) is 4.57. The van der Waals surface area contributed by atoms with Crippen LogP contribution in [0, 0.1) is 0 Å². The lowest BCUT2D eigenvalue weighted by molar-refractivity contribution is 0.0696. The third kappa shape index (κ3) is 3.42. The molecule has 0 unspecified atom stereocenters. The van der Waals surface area contributed by atoms with Crippen LogP contribution in [0.25, 0.3) is 43.6 Å². The molecule has 3 aromatic carbocycles. The third-order valence-electron chi connectivity index (χ3n) is 5.71. The number of carboxylic acid groups (broad SMARTS) is 1. The molecule has 2 heterocycles. The second-order valence-corrected chi connectivity index (χ2v) is 9.88. The Labute approximate surface area is 189 Å². The van der Waals surface area contributed by atoms with Gasteiger partial charge in [-0.25, -0.2) is 9.78 Å². The average molecular weight is 443 g/mol. The van der Waals surface area contributed by atoms with Crippen LogP contribution < -0.4 is 0 Å². The van der Waals surface area contributed by atoms with E-state index in [1.54, 1.807) is 23.5 Å². The summed E-state index contributed by atoms with van der Waals surface area (Å²) in [4.78, 5) is 20.4. The number of benzene rings is 3. The van der Waals surface area contributed by atoms with E-state index in [4.69, 9.17) is 4.98 Å². The van der Waals surface area contributed by atoms with E-state index >= 15 is 0 Å². The molecule has 32 heavy (non-hydrogen) atoms. The van der Waals surface area contributed by atoms with E-state index in [1.165, 1.54) is 11.6 Å². The van der Waals surface area contributed by atoms with Crippen molar-refractivity contribution in [2.24, 2.45) is 0 Å². The molecule has 5 rings (SSSR count). The molecule has 0 saturated heterocycles. The summed E-state index contributed by atoms with van der Waals surface area (Å²) in [6.07, 6.45) is 0. The fourth-order valence-corrected chi connectivity index (χ4v) is 4.79. The Morgan fingerprint density at radius 1 is 1.00 bits per heavy atom. The van der Waals surface area contributed by atoms with Crippen LogP contribution in [0.5, 0.6) is 5.75 Å². The summed E-state index contributed by atoms with van der Waals surface area (Å²) in [7, 11) is 0. The average Bonchev–Trinajstić information content (AvgIpc) is 3.40. The molecule has 5 aromatic rings. The maximum absolute atomic E-state index is 11.3. The number of aromatic amines is 1. The Hall–Kier alpha value is -3.64. The summed E-state index contributed by atoms with van der Waals surface area (Å²) in [5, 5.41) is 23.0. The number of nitrogens with zero attached hydrogens (tertiary/aromatic N) is 1. The highest BCUT2D eigenvalue weighted by Crippen LogP contribution is 2.37. The SMILES string of the molecule is CC(C)(C)c1ccc(-c2csc(-c3nc4c(ccc5cc(C(=O)O)cc(O)c54)[nH]3)c2)cc1. The number of phenolic OH excluding ortho intramolecular Hbond substituents is 1. The summed E-state index contributed by atoms with van der Waals surface area (Å²) in [6, 6.07) is 17.2. The van der Waals surface area contributed by atoms with Crippen molar-refractivity contribution >= 4 is 39.1 Å². The number of aromatic nitrogens is 2. The normalized spacial score (nSPS) is 12.0. The van der Waals surface area contributed by atoms with Crippen LogP contribution in [-0.4, -0.2) is 26.2 Å². The van der Waals surface area contributed by atoms with Crippen molar-refractivity contribution < 1.29 is 15.0 Å². The topological polar surface area (TPSA) is 86.2 Å². The van der Waals surface area contributed by atoms with Gasteiger partial charge in [-0.15, -0.1) is 11.3 Å². The number of hydrogen-bond donors (Lipinski definition) is 3. The molecule has 0 aliphatic heterocycles. The van der Waals surface area contributed by atoms with Gasteiger partial charge in [0.05, 0.1) is 21.3 Å². The van der Waals surface area contributed by atoms with Crippen LogP contribution in [0.15, 0.2) is 60.0 Å². The van der Waals surface area contributed by atoms with Gasteiger partial charge < -0.3 is 15.2 Å². The zero-order valence-electron chi connectivity index (χ0n) is 17.9. The van der Waals surface area contributed by atoms with Crippen molar-refractivity contribution in [3.05, 3.63) is 71.1 Å². The maximum atomic E-state index is 11.3. The molecule has 5 nitrogen and oxygen atoms in total. The zero-order valence-corrected chi connectivity index (χ0v) is 18.7. The number of imidazole rings is 1. The Bertz CT molecular complexity index is 1490. The predicted molar refractivity (Wildman–Crippen MR) is 130 cm³/mol. The number of hydrogen-bond acceptors (Lipinski definition) is 4. The molecular formula is C26H22N2O3S. The van der Waals surface area contributed by atoms with Crippen LogP contribution in [0.1, 0.15) is 36.7 Å². The number of thiophene rings is 1. The van der Waals surface area contributed by atoms with Gasteiger partial charge >= 0.3 is 5.97 Å². The highest BCUT2D eigenvalue weighted by Gasteiger charge is 2.16. The molecule has 0 amide bonds. The first-order chi connectivity index (χ1) is 15.2. The van der Waals surface area contributed by atoms with E-state index in [-0.39, 0.29) is 16.7 Å². The summed E-state index contributed by atoms with van der Waals surface area (Å²) >= 11 is 1.60. The van der Waals surface area contributed by atoms with Crippen LogP contribution in [0.3, 0.4) is 0 Å². The predicted octanol–water partition coefficient (Wildman–Crippen LogP) is 6.81. The molecule has 0 atom stereocenters. The summed E-state index contributed by atoms with van der Waals surface area (Å²) in [5.74, 6) is -0.446. The van der Waals surface area contributed by atoms with Gasteiger partial charge in [0.1, 0.15) is 17.1 Å². The number of aromatic carboxylic acids is 1. The minimum absolute atomic E-state index is 0.0467. The number of rotatable bonds is 3. The van der Waals surface area contributed by atoms with Crippen LogP contribution in [-0.2, 0) is 5.41 Å². The zero-order chi connectivity index (χ0) is 22.6. The standard InChI is InChI=1S/C26H22N2O3S/c1-26(2,3)18-7-4-14(5-8-18)17-12-21(32-13-17)24-27-19-9-6-15-10-16(25(30)31)11-20(29)22(15)23(19)28-24/h4-13,29H,1-3H3,(H,27,28)(H,30,31). The molecule has 6 heteroatoms. The third-order valence-corrected chi connectivity index (χ3v) is 6.65. The molecule has 0 spiro atoms. The lowest BCUT2D eigenvalue weighted by atomic mass is 9.86. The van der Waals surface area contributed by atoms with E-state index in [2.05, 4.69) is 61.5 Å². The van der Waals surface area contributed by atoms with Gasteiger partial charge in [-0.3, -0.25) is 0 Å². The van der Waals surface area contributed by atoms with Crippen LogP contribution >= 0.6 is 11.3 Å². The van der Waals surface area contributed by atoms with E-state index in [9.17, 15) is 15.0 Å². The molecule has 0 aliphatic carbocycles. The Morgan fingerprint density at radius 2 is 1.75 bits per heavy atom. The van der Waals surface area contributed by atoms with Gasteiger partial charge in [0.2, 0.25) is 0 Å². The number of carbonyl (C=O) groups is 1. The molecular weight excluding hydrogens is 420 g/mol. The lowest BCUT2D eigenvalue weighted by Gasteiger charge is -2.19. The lowest BCUT2D eigenvalue weighted by Crippen LogP contribution is -2.10. The summed E-state index contributed by atoms with van der Waals surface area (Å²) in [5.41, 5.74) is 5.15. The quantitative estimate of drug-likeness (QED) is 0.286. The summed E-state index contributed by atoms with van der Waals surface area (Å²) in [6.45, 7) is 6.61. The van der Waals surface area contributed by atoms with Gasteiger partial charge in [-0.1, -0.05) is 51.1 Å². The van der Waals surface area contributed by atoms with Crippen LogP contribution in [0.4, 0.5) is 0 Å². The number of nitrogens with one attached hydrogen (secondary N) is 1. The first-order valence-corrected chi connectivity index (χ1v) is 11.2. The van der Waals surface area contributed by atoms with Crippen LogP contribution in [0.2, 0.25) is 0 Å². The highest BCUT2D eigenvalue weighted by molar-refractivity contribution is 7.13. The van der Waals surface area contributed by atoms with Gasteiger partial charge in [0.15, 0.2) is 0 Å². The number of phenols is 1. The van der Waals surface area contributed by atoms with Gasteiger partial charge in [-0.2, -0.15) is 0 Å². The Morgan fingerprint density at radius 3 is 2.44 bits per heavy atom. The van der Waals surface area contributed by atoms with Crippen molar-refractivity contribution in [1.29, 1.82) is 0 Å². The second-order valence-electron chi connectivity index (χ2n) is 8.97. The number of aromatic hydroxyl groups is 1. The van der Waals surface area contributed by atoms with Crippen molar-refractivity contribution in [3.8, 4) is 27.6 Å². The van der Waals surface area contributed by atoms with E-state index in [0.29, 0.717) is 16.3 Å². The first kappa shape index (κ1) is 20.3. The van der Waals surface area contributed by atoms with Crippen molar-refractivity contribution in [2.75, 3.05) is 0 Å². The van der Waals surface area contributed by atoms with Crippen molar-refractivity contribution in [3.63, 3.8) is 0 Å². The van der Waals surface area contributed by atoms with Gasteiger partial charge in [0, 0.05) is 0 Å². The highest BCUT2D eigenvalue weighted by atomic mass is 32.1. The minimum atomic E-state index is -1.08. The molecule has 0 fully saturated rings. The van der Waals surface area contributed by atoms with E-state index in [0.717, 1.165) is 27.3 Å². The smallest absolute Gasteiger partial charge is 0.335 e. The van der Waals surface area contributed by atoms with Gasteiger partial charge in [0.25, 0.3) is 0 Å².